The van der Waals surface area contributed by atoms with Crippen LogP contribution in [0.25, 0.3) is 0 Å². The molecule has 7 heteroatoms. The van der Waals surface area contributed by atoms with E-state index < -0.39 is 11.8 Å². The van der Waals surface area contributed by atoms with Gasteiger partial charge in [0.05, 0.1) is 22.6 Å². The molecular formula is C18H15N5O2. The van der Waals surface area contributed by atoms with Crippen LogP contribution in [0.3, 0.4) is 0 Å². The van der Waals surface area contributed by atoms with E-state index in [9.17, 15) is 9.59 Å². The molecule has 3 rings (SSSR count). The second-order valence-corrected chi connectivity index (χ2v) is 5.46. The Bertz CT molecular complexity index is 897. The fraction of sp³-hybridized carbons (Fsp3) is 0. The number of rotatable bonds is 4. The van der Waals surface area contributed by atoms with Crippen LogP contribution < -0.4 is 16.8 Å². The van der Waals surface area contributed by atoms with E-state index in [0.717, 1.165) is 0 Å². The molecular weight excluding hydrogens is 318 g/mol. The lowest BCUT2D eigenvalue weighted by Gasteiger charge is -2.11. The van der Waals surface area contributed by atoms with Crippen LogP contribution in [0.2, 0.25) is 0 Å². The maximum absolute atomic E-state index is 12.2. The third-order valence-corrected chi connectivity index (χ3v) is 3.89. The van der Waals surface area contributed by atoms with Gasteiger partial charge in [0.25, 0.3) is 11.8 Å². The van der Waals surface area contributed by atoms with Crippen molar-refractivity contribution < 1.29 is 9.59 Å². The lowest BCUT2D eigenvalue weighted by molar-refractivity contribution is -0.123. The fourth-order valence-corrected chi connectivity index (χ4v) is 2.65. The maximum atomic E-state index is 12.2. The SMILES string of the molecule is N=C(C1=C(C(=N)c2ccccc2N)C(=O)NC1=O)c1ccccc1N. The molecule has 7 N–H and O–H groups in total. The number of hydrogen-bond donors (Lipinski definition) is 5. The van der Waals surface area contributed by atoms with Crippen molar-refractivity contribution in [2.24, 2.45) is 0 Å². The van der Waals surface area contributed by atoms with Gasteiger partial charge in [-0.3, -0.25) is 25.7 Å². The van der Waals surface area contributed by atoms with Crippen LogP contribution in [0.4, 0.5) is 11.4 Å². The average molecular weight is 333 g/mol. The number of nitrogen functional groups attached to an aromatic ring is 2. The first kappa shape index (κ1) is 16.1. The Labute approximate surface area is 143 Å². The minimum atomic E-state index is -0.729. The van der Waals surface area contributed by atoms with Crippen LogP contribution in [-0.4, -0.2) is 23.2 Å². The number of nitrogens with two attached hydrogens (primary N) is 2. The minimum absolute atomic E-state index is 0.184. The van der Waals surface area contributed by atoms with Crippen LogP contribution in [0.5, 0.6) is 0 Å². The number of carbonyl (C=O) groups is 2. The highest BCUT2D eigenvalue weighted by molar-refractivity contribution is 6.45. The van der Waals surface area contributed by atoms with Gasteiger partial charge in [0.1, 0.15) is 0 Å². The minimum Gasteiger partial charge on any atom is -0.398 e. The summed E-state index contributed by atoms with van der Waals surface area (Å²) >= 11 is 0. The van der Waals surface area contributed by atoms with Gasteiger partial charge < -0.3 is 11.5 Å². The molecule has 0 saturated heterocycles. The van der Waals surface area contributed by atoms with Gasteiger partial charge >= 0.3 is 0 Å². The molecule has 0 bridgehead atoms. The quantitative estimate of drug-likeness (QED) is 0.325. The van der Waals surface area contributed by atoms with E-state index in [0.29, 0.717) is 22.5 Å². The van der Waals surface area contributed by atoms with Crippen molar-refractivity contribution in [2.45, 2.75) is 0 Å². The molecule has 1 heterocycles. The molecule has 0 radical (unpaired) electrons. The van der Waals surface area contributed by atoms with E-state index in [4.69, 9.17) is 22.3 Å². The van der Waals surface area contributed by atoms with Crippen molar-refractivity contribution in [1.82, 2.24) is 5.32 Å². The number of amides is 2. The molecule has 0 saturated carbocycles. The fourth-order valence-electron chi connectivity index (χ4n) is 2.65. The molecule has 0 atom stereocenters. The summed E-state index contributed by atoms with van der Waals surface area (Å²) in [6.07, 6.45) is 0. The molecule has 25 heavy (non-hydrogen) atoms. The molecule has 2 aromatic rings. The number of para-hydroxylation sites is 2. The van der Waals surface area contributed by atoms with Gasteiger partial charge in [-0.1, -0.05) is 36.4 Å². The lowest BCUT2D eigenvalue weighted by Crippen LogP contribution is -2.25. The van der Waals surface area contributed by atoms with Gasteiger partial charge in [0.2, 0.25) is 0 Å². The predicted molar refractivity (Wildman–Crippen MR) is 95.5 cm³/mol. The van der Waals surface area contributed by atoms with Crippen molar-refractivity contribution in [3.63, 3.8) is 0 Å². The Morgan fingerprint density at radius 2 is 1.08 bits per heavy atom. The van der Waals surface area contributed by atoms with Crippen LogP contribution in [0, 0.1) is 10.8 Å². The zero-order chi connectivity index (χ0) is 18.1. The normalized spacial score (nSPS) is 13.8. The number of imide groups is 1. The number of anilines is 2. The van der Waals surface area contributed by atoms with Crippen LogP contribution in [0.1, 0.15) is 11.1 Å². The molecule has 2 aromatic carbocycles. The van der Waals surface area contributed by atoms with Crippen molar-refractivity contribution in [3.05, 3.63) is 70.8 Å². The smallest absolute Gasteiger partial charge is 0.261 e. The lowest BCUT2D eigenvalue weighted by atomic mass is 9.92. The van der Waals surface area contributed by atoms with Crippen molar-refractivity contribution in [1.29, 1.82) is 10.8 Å². The summed E-state index contributed by atoms with van der Waals surface area (Å²) in [6, 6.07) is 13.1. The molecule has 1 aliphatic rings. The molecule has 0 spiro atoms. The molecule has 0 unspecified atom stereocenters. The van der Waals surface area contributed by atoms with Gasteiger partial charge in [-0.15, -0.1) is 0 Å². The van der Waals surface area contributed by atoms with E-state index in [1.54, 1.807) is 48.5 Å². The third-order valence-electron chi connectivity index (χ3n) is 3.89. The van der Waals surface area contributed by atoms with Crippen molar-refractivity contribution in [3.8, 4) is 0 Å². The first-order valence-corrected chi connectivity index (χ1v) is 7.39. The molecule has 124 valence electrons. The van der Waals surface area contributed by atoms with Crippen LogP contribution in [-0.2, 0) is 9.59 Å². The topological polar surface area (TPSA) is 146 Å². The zero-order valence-electron chi connectivity index (χ0n) is 13.1. The summed E-state index contributed by atoms with van der Waals surface area (Å²) in [4.78, 5) is 24.5. The highest BCUT2D eigenvalue weighted by Crippen LogP contribution is 2.25. The van der Waals surface area contributed by atoms with Crippen LogP contribution in [0.15, 0.2) is 59.7 Å². The standard InChI is InChI=1S/C18H15N5O2/c19-11-7-3-1-5-9(11)15(21)13-14(18(25)23-17(13)24)16(22)10-6-2-4-8-12(10)20/h1-8,21-22H,19-20H2,(H,23,24,25). The van der Waals surface area contributed by atoms with Gasteiger partial charge in [-0.25, -0.2) is 0 Å². The molecule has 1 aliphatic heterocycles. The summed E-state index contributed by atoms with van der Waals surface area (Å²) in [6.45, 7) is 0. The van der Waals surface area contributed by atoms with Crippen LogP contribution >= 0.6 is 0 Å². The number of hydrogen-bond acceptors (Lipinski definition) is 6. The Balaban J connectivity index is 2.17. The second-order valence-electron chi connectivity index (χ2n) is 5.46. The third kappa shape index (κ3) is 2.67. The Kier molecular flexibility index (Phi) is 3.90. The van der Waals surface area contributed by atoms with Crippen molar-refractivity contribution in [2.75, 3.05) is 11.5 Å². The Morgan fingerprint density at radius 1 is 0.720 bits per heavy atom. The van der Waals surface area contributed by atoms with Gasteiger partial charge in [0, 0.05) is 22.5 Å². The zero-order valence-corrected chi connectivity index (χ0v) is 13.1. The first-order valence-electron chi connectivity index (χ1n) is 7.39. The Hall–Kier alpha value is -3.74. The molecule has 0 aromatic heterocycles. The monoisotopic (exact) mass is 333 g/mol. The number of nitrogens with one attached hydrogen (secondary N) is 3. The summed E-state index contributed by atoms with van der Waals surface area (Å²) in [5.74, 6) is -1.46. The van der Waals surface area contributed by atoms with E-state index >= 15 is 0 Å². The summed E-state index contributed by atoms with van der Waals surface area (Å²) in [5, 5.41) is 18.8. The number of carbonyl (C=O) groups excluding carboxylic acids is 2. The highest BCUT2D eigenvalue weighted by atomic mass is 16.2. The van der Waals surface area contributed by atoms with E-state index in [1.807, 2.05) is 0 Å². The van der Waals surface area contributed by atoms with E-state index in [-0.39, 0.29) is 22.6 Å². The summed E-state index contributed by atoms with van der Waals surface area (Å²) in [5.41, 5.74) is 12.2. The van der Waals surface area contributed by atoms with Gasteiger partial charge in [-0.2, -0.15) is 0 Å². The second kappa shape index (κ2) is 6.04. The van der Waals surface area contributed by atoms with E-state index in [2.05, 4.69) is 5.32 Å². The summed E-state index contributed by atoms with van der Waals surface area (Å²) < 4.78 is 0. The number of benzene rings is 2. The Morgan fingerprint density at radius 3 is 1.44 bits per heavy atom. The summed E-state index contributed by atoms with van der Waals surface area (Å²) in [7, 11) is 0. The first-order chi connectivity index (χ1) is 11.9. The van der Waals surface area contributed by atoms with Gasteiger partial charge in [-0.05, 0) is 12.1 Å². The highest BCUT2D eigenvalue weighted by Gasteiger charge is 2.36. The molecule has 7 nitrogen and oxygen atoms in total. The largest absolute Gasteiger partial charge is 0.398 e. The molecule has 0 fully saturated rings. The average Bonchev–Trinajstić information content (AvgIpc) is 2.88. The van der Waals surface area contributed by atoms with Gasteiger partial charge in [0.15, 0.2) is 0 Å². The molecule has 0 aliphatic carbocycles. The maximum Gasteiger partial charge on any atom is 0.261 e. The van der Waals surface area contributed by atoms with Crippen molar-refractivity contribution >= 4 is 34.6 Å². The molecule has 2 amide bonds. The van der Waals surface area contributed by atoms with E-state index in [1.165, 1.54) is 0 Å². The predicted octanol–water partition coefficient (Wildman–Crippen LogP) is 1.24.